The van der Waals surface area contributed by atoms with E-state index in [2.05, 4.69) is 53.3 Å². The monoisotopic (exact) mass is 295 g/mol. The zero-order valence-electron chi connectivity index (χ0n) is 13.9. The van der Waals surface area contributed by atoms with Gasteiger partial charge in [0.15, 0.2) is 0 Å². The van der Waals surface area contributed by atoms with E-state index in [1.807, 2.05) is 6.92 Å². The highest BCUT2D eigenvalue weighted by atomic mass is 16.5. The molecule has 6 nitrogen and oxygen atoms in total. The minimum atomic E-state index is 0.316. The van der Waals surface area contributed by atoms with Crippen molar-refractivity contribution in [3.8, 4) is 6.01 Å². The van der Waals surface area contributed by atoms with Crippen LogP contribution in [0.2, 0.25) is 0 Å². The van der Waals surface area contributed by atoms with Gasteiger partial charge < -0.3 is 15.4 Å². The third-order valence-electron chi connectivity index (χ3n) is 3.21. The van der Waals surface area contributed by atoms with Crippen LogP contribution in [-0.4, -0.2) is 34.1 Å². The molecule has 0 saturated carbocycles. The topological polar surface area (TPSA) is 72.0 Å². The van der Waals surface area contributed by atoms with Crippen molar-refractivity contribution in [2.75, 3.05) is 23.8 Å². The number of hydrogen-bond donors (Lipinski definition) is 2. The molecule has 0 bridgehead atoms. The lowest BCUT2D eigenvalue weighted by Crippen LogP contribution is -2.21. The third kappa shape index (κ3) is 6.60. The number of ether oxygens (including phenoxy) is 1. The fourth-order valence-corrected chi connectivity index (χ4v) is 1.97. The van der Waals surface area contributed by atoms with Crippen molar-refractivity contribution in [3.05, 3.63) is 0 Å². The smallest absolute Gasteiger partial charge is 0.323 e. The van der Waals surface area contributed by atoms with Gasteiger partial charge in [0, 0.05) is 12.6 Å². The van der Waals surface area contributed by atoms with Crippen molar-refractivity contribution in [2.45, 2.75) is 59.9 Å². The summed E-state index contributed by atoms with van der Waals surface area (Å²) in [5, 5.41) is 6.45. The highest BCUT2D eigenvalue weighted by Crippen LogP contribution is 2.15. The van der Waals surface area contributed by atoms with Crippen molar-refractivity contribution >= 4 is 11.9 Å². The molecular formula is C15H29N5O. The number of rotatable bonds is 10. The number of nitrogens with one attached hydrogen (secondary N) is 2. The molecule has 0 aliphatic heterocycles. The van der Waals surface area contributed by atoms with Crippen LogP contribution in [0.5, 0.6) is 6.01 Å². The van der Waals surface area contributed by atoms with Crippen LogP contribution in [0.25, 0.3) is 0 Å². The summed E-state index contributed by atoms with van der Waals surface area (Å²) in [6, 6.07) is 0.692. The molecule has 2 atom stereocenters. The fourth-order valence-electron chi connectivity index (χ4n) is 1.97. The standard InChI is InChI=1S/C15H29N5O/c1-6-9-21-15-19-13(16-8-3)18-14(20-15)17-12(5)10-11(4)7-2/h11-12H,6-10H2,1-5H3,(H2,16,17,18,19,20). The molecule has 0 fully saturated rings. The molecule has 2 N–H and O–H groups in total. The first-order valence-corrected chi connectivity index (χ1v) is 7.98. The molecule has 1 aromatic heterocycles. The maximum atomic E-state index is 5.52. The van der Waals surface area contributed by atoms with Gasteiger partial charge in [-0.05, 0) is 32.6 Å². The van der Waals surface area contributed by atoms with Gasteiger partial charge in [0.25, 0.3) is 0 Å². The molecule has 120 valence electrons. The predicted octanol–water partition coefficient (Wildman–Crippen LogP) is 3.33. The van der Waals surface area contributed by atoms with Crippen LogP contribution in [0.4, 0.5) is 11.9 Å². The molecule has 1 rings (SSSR count). The fraction of sp³-hybridized carbons (Fsp3) is 0.800. The van der Waals surface area contributed by atoms with Crippen LogP contribution < -0.4 is 15.4 Å². The quantitative estimate of drug-likeness (QED) is 0.690. The first-order chi connectivity index (χ1) is 10.1. The first-order valence-electron chi connectivity index (χ1n) is 7.98. The Morgan fingerprint density at radius 2 is 1.76 bits per heavy atom. The summed E-state index contributed by atoms with van der Waals surface area (Å²) < 4.78 is 5.52. The Labute approximate surface area is 128 Å². The van der Waals surface area contributed by atoms with E-state index in [9.17, 15) is 0 Å². The van der Waals surface area contributed by atoms with E-state index in [0.29, 0.717) is 36.5 Å². The molecule has 0 amide bonds. The van der Waals surface area contributed by atoms with E-state index in [4.69, 9.17) is 4.74 Å². The second-order valence-electron chi connectivity index (χ2n) is 5.44. The minimum absolute atomic E-state index is 0.316. The Kier molecular flexibility index (Phi) is 7.79. The van der Waals surface area contributed by atoms with Gasteiger partial charge >= 0.3 is 6.01 Å². The first kappa shape index (κ1) is 17.5. The van der Waals surface area contributed by atoms with Gasteiger partial charge in [-0.3, -0.25) is 0 Å². The second kappa shape index (κ2) is 9.37. The molecule has 0 aromatic carbocycles. The Bertz CT molecular complexity index is 413. The Hall–Kier alpha value is -1.59. The Morgan fingerprint density at radius 1 is 1.05 bits per heavy atom. The van der Waals surface area contributed by atoms with Crippen molar-refractivity contribution in [1.29, 1.82) is 0 Å². The van der Waals surface area contributed by atoms with E-state index >= 15 is 0 Å². The van der Waals surface area contributed by atoms with Gasteiger partial charge in [0.05, 0.1) is 6.61 Å². The lowest BCUT2D eigenvalue weighted by molar-refractivity contribution is 0.292. The number of hydrogen-bond acceptors (Lipinski definition) is 6. The Morgan fingerprint density at radius 3 is 2.38 bits per heavy atom. The molecule has 0 aliphatic rings. The largest absolute Gasteiger partial charge is 0.463 e. The maximum absolute atomic E-state index is 5.52. The summed E-state index contributed by atoms with van der Waals surface area (Å²) in [5.41, 5.74) is 0. The van der Waals surface area contributed by atoms with Gasteiger partial charge in [0.1, 0.15) is 0 Å². The second-order valence-corrected chi connectivity index (χ2v) is 5.44. The predicted molar refractivity (Wildman–Crippen MR) is 86.9 cm³/mol. The van der Waals surface area contributed by atoms with Crippen molar-refractivity contribution in [2.24, 2.45) is 5.92 Å². The molecular weight excluding hydrogens is 266 g/mol. The van der Waals surface area contributed by atoms with Crippen molar-refractivity contribution in [1.82, 2.24) is 15.0 Å². The van der Waals surface area contributed by atoms with E-state index in [1.54, 1.807) is 0 Å². The zero-order valence-corrected chi connectivity index (χ0v) is 13.9. The summed E-state index contributed by atoms with van der Waals surface area (Å²) in [6.07, 6.45) is 3.19. The molecule has 2 unspecified atom stereocenters. The highest BCUT2D eigenvalue weighted by Gasteiger charge is 2.11. The van der Waals surface area contributed by atoms with Crippen LogP contribution in [0.1, 0.15) is 53.9 Å². The van der Waals surface area contributed by atoms with Gasteiger partial charge in [-0.1, -0.05) is 27.2 Å². The van der Waals surface area contributed by atoms with E-state index < -0.39 is 0 Å². The lowest BCUT2D eigenvalue weighted by Gasteiger charge is -2.18. The van der Waals surface area contributed by atoms with Crippen LogP contribution in [-0.2, 0) is 0 Å². The SMILES string of the molecule is CCCOc1nc(NCC)nc(NC(C)CC(C)CC)n1. The van der Waals surface area contributed by atoms with Gasteiger partial charge in [-0.25, -0.2) is 0 Å². The molecule has 0 saturated heterocycles. The normalized spacial score (nSPS) is 13.6. The minimum Gasteiger partial charge on any atom is -0.463 e. The summed E-state index contributed by atoms with van der Waals surface area (Å²) in [5.74, 6) is 1.80. The van der Waals surface area contributed by atoms with Gasteiger partial charge in [-0.15, -0.1) is 0 Å². The molecule has 1 aromatic rings. The molecule has 0 radical (unpaired) electrons. The summed E-state index contributed by atoms with van der Waals surface area (Å²) in [7, 11) is 0. The molecule has 0 aliphatic carbocycles. The average Bonchev–Trinajstić information content (AvgIpc) is 2.45. The van der Waals surface area contributed by atoms with E-state index in [1.165, 1.54) is 6.42 Å². The van der Waals surface area contributed by atoms with Gasteiger partial charge in [-0.2, -0.15) is 15.0 Å². The number of nitrogens with zero attached hydrogens (tertiary/aromatic N) is 3. The molecule has 1 heterocycles. The van der Waals surface area contributed by atoms with Crippen LogP contribution in [0, 0.1) is 5.92 Å². The third-order valence-corrected chi connectivity index (χ3v) is 3.21. The number of anilines is 2. The van der Waals surface area contributed by atoms with Crippen LogP contribution >= 0.6 is 0 Å². The van der Waals surface area contributed by atoms with Crippen molar-refractivity contribution in [3.63, 3.8) is 0 Å². The summed E-state index contributed by atoms with van der Waals surface area (Å²) >= 11 is 0. The van der Waals surface area contributed by atoms with E-state index in [0.717, 1.165) is 19.4 Å². The molecule has 6 heteroatoms. The summed E-state index contributed by atoms with van der Waals surface area (Å²) in [6.45, 7) is 12.0. The summed E-state index contributed by atoms with van der Waals surface area (Å²) in [4.78, 5) is 13.0. The molecule has 0 spiro atoms. The lowest BCUT2D eigenvalue weighted by atomic mass is 10.0. The number of aromatic nitrogens is 3. The Balaban J connectivity index is 2.76. The zero-order chi connectivity index (χ0) is 15.7. The molecule has 21 heavy (non-hydrogen) atoms. The van der Waals surface area contributed by atoms with Crippen LogP contribution in [0.15, 0.2) is 0 Å². The maximum Gasteiger partial charge on any atom is 0.323 e. The van der Waals surface area contributed by atoms with Crippen LogP contribution in [0.3, 0.4) is 0 Å². The van der Waals surface area contributed by atoms with E-state index in [-0.39, 0.29) is 0 Å². The van der Waals surface area contributed by atoms with Crippen molar-refractivity contribution < 1.29 is 4.74 Å². The highest BCUT2D eigenvalue weighted by molar-refractivity contribution is 5.36. The van der Waals surface area contributed by atoms with Gasteiger partial charge in [0.2, 0.25) is 11.9 Å². The average molecular weight is 295 g/mol.